The van der Waals surface area contributed by atoms with Gasteiger partial charge in [0.15, 0.2) is 0 Å². The number of carbonyl (C=O) groups excluding carboxylic acids is 2. The second-order valence-electron chi connectivity index (χ2n) is 11.2. The molecule has 1 aliphatic carbocycles. The lowest BCUT2D eigenvalue weighted by atomic mass is 9.68. The molecule has 0 aromatic heterocycles. The first-order chi connectivity index (χ1) is 15.6. The van der Waals surface area contributed by atoms with Crippen LogP contribution in [0.2, 0.25) is 5.02 Å². The second-order valence-corrected chi connectivity index (χ2v) is 11.7. The lowest BCUT2D eigenvalue weighted by Crippen LogP contribution is -2.50. The van der Waals surface area contributed by atoms with Crippen molar-refractivity contribution >= 4 is 23.4 Å². The van der Waals surface area contributed by atoms with Crippen molar-refractivity contribution in [2.45, 2.75) is 91.5 Å². The lowest BCUT2D eigenvalue weighted by molar-refractivity contribution is -0.147. The van der Waals surface area contributed by atoms with E-state index in [4.69, 9.17) is 11.6 Å². The number of nitrogens with zero attached hydrogens (tertiary/aromatic N) is 2. The predicted octanol–water partition coefficient (Wildman–Crippen LogP) is 6.53. The third-order valence-electron chi connectivity index (χ3n) is 7.77. The Bertz CT molecular complexity index is 797. The summed E-state index contributed by atoms with van der Waals surface area (Å²) in [5.41, 5.74) is 1.51. The van der Waals surface area contributed by atoms with Crippen LogP contribution in [0.15, 0.2) is 24.3 Å². The highest BCUT2D eigenvalue weighted by atomic mass is 35.5. The zero-order valence-corrected chi connectivity index (χ0v) is 22.0. The first kappa shape index (κ1) is 26.1. The minimum atomic E-state index is -0.293. The standard InChI is InChI=1S/C28H43ClN2O2/c1-6-30(7-2)27(33)25-9-8-18-31(25)26(32)24-19-20(16-17-28(3,4)5)10-15-23(24)21-11-13-22(29)14-12-21/h11-14,20,23-25H,6-10,15-19H2,1-5H3/t20?,23-,24+,25-/m0/s1. The summed E-state index contributed by atoms with van der Waals surface area (Å²) in [4.78, 5) is 31.0. The minimum absolute atomic E-state index is 0.0602. The molecule has 1 saturated heterocycles. The molecule has 1 aromatic rings. The molecule has 1 aromatic carbocycles. The SMILES string of the molecule is CCN(CC)C(=O)[C@@H]1CCCN1C(=O)[C@@H]1CC(CCC(C)(C)C)CC[C@H]1c1ccc(Cl)cc1. The molecule has 33 heavy (non-hydrogen) atoms. The van der Waals surface area contributed by atoms with Crippen LogP contribution in [0.25, 0.3) is 0 Å². The number of hydrogen-bond acceptors (Lipinski definition) is 2. The average molecular weight is 475 g/mol. The average Bonchev–Trinajstić information content (AvgIpc) is 3.28. The molecule has 1 unspecified atom stereocenters. The van der Waals surface area contributed by atoms with Gasteiger partial charge in [-0.15, -0.1) is 0 Å². The van der Waals surface area contributed by atoms with Crippen LogP contribution >= 0.6 is 11.6 Å². The predicted molar refractivity (Wildman–Crippen MR) is 136 cm³/mol. The third kappa shape index (κ3) is 6.53. The van der Waals surface area contributed by atoms with Crippen LogP contribution in [0.5, 0.6) is 0 Å². The van der Waals surface area contributed by atoms with Crippen molar-refractivity contribution in [1.29, 1.82) is 0 Å². The van der Waals surface area contributed by atoms with E-state index in [1.807, 2.05) is 35.8 Å². The molecule has 2 amide bonds. The Morgan fingerprint density at radius 1 is 1.06 bits per heavy atom. The zero-order chi connectivity index (χ0) is 24.2. The quantitative estimate of drug-likeness (QED) is 0.451. The van der Waals surface area contributed by atoms with Crippen LogP contribution in [0.4, 0.5) is 0 Å². The number of likely N-dealkylation sites (tertiary alicyclic amines) is 1. The summed E-state index contributed by atoms with van der Waals surface area (Å²) in [6.07, 6.45) is 7.15. The maximum Gasteiger partial charge on any atom is 0.245 e. The van der Waals surface area contributed by atoms with E-state index >= 15 is 0 Å². The van der Waals surface area contributed by atoms with Crippen LogP contribution in [0.3, 0.4) is 0 Å². The molecule has 0 bridgehead atoms. The fraction of sp³-hybridized carbons (Fsp3) is 0.714. The molecule has 4 atom stereocenters. The molecule has 0 spiro atoms. The highest BCUT2D eigenvalue weighted by molar-refractivity contribution is 6.30. The number of halogens is 1. The van der Waals surface area contributed by atoms with Crippen LogP contribution < -0.4 is 0 Å². The number of benzene rings is 1. The van der Waals surface area contributed by atoms with Gasteiger partial charge >= 0.3 is 0 Å². The van der Waals surface area contributed by atoms with Crippen LogP contribution in [-0.4, -0.2) is 47.3 Å². The second kappa shape index (κ2) is 11.3. The number of amides is 2. The fourth-order valence-corrected chi connectivity index (χ4v) is 5.91. The molecule has 1 heterocycles. The van der Waals surface area contributed by atoms with E-state index in [-0.39, 0.29) is 29.7 Å². The van der Waals surface area contributed by atoms with Gasteiger partial charge in [0.25, 0.3) is 0 Å². The van der Waals surface area contributed by atoms with E-state index in [9.17, 15) is 9.59 Å². The molecule has 2 aliphatic rings. The minimum Gasteiger partial charge on any atom is -0.341 e. The molecular weight excluding hydrogens is 432 g/mol. The maximum atomic E-state index is 14.0. The summed E-state index contributed by atoms with van der Waals surface area (Å²) in [5, 5.41) is 0.727. The lowest BCUT2D eigenvalue weighted by Gasteiger charge is -2.40. The van der Waals surface area contributed by atoms with Gasteiger partial charge in [-0.2, -0.15) is 0 Å². The fourth-order valence-electron chi connectivity index (χ4n) is 5.79. The molecule has 1 saturated carbocycles. The summed E-state index contributed by atoms with van der Waals surface area (Å²) in [5.74, 6) is 1.02. The van der Waals surface area contributed by atoms with Crippen molar-refractivity contribution in [3.8, 4) is 0 Å². The van der Waals surface area contributed by atoms with E-state index in [0.29, 0.717) is 31.0 Å². The smallest absolute Gasteiger partial charge is 0.245 e. The Labute approximate surface area is 206 Å². The molecule has 4 nitrogen and oxygen atoms in total. The third-order valence-corrected chi connectivity index (χ3v) is 8.02. The van der Waals surface area contributed by atoms with Crippen molar-refractivity contribution in [3.05, 3.63) is 34.9 Å². The normalized spacial score (nSPS) is 25.8. The Morgan fingerprint density at radius 3 is 2.33 bits per heavy atom. The van der Waals surface area contributed by atoms with Crippen LogP contribution in [0.1, 0.15) is 91.0 Å². The molecule has 5 heteroatoms. The summed E-state index contributed by atoms with van der Waals surface area (Å²) >= 11 is 6.15. The highest BCUT2D eigenvalue weighted by Gasteiger charge is 2.43. The van der Waals surface area contributed by atoms with Crippen molar-refractivity contribution in [2.75, 3.05) is 19.6 Å². The van der Waals surface area contributed by atoms with E-state index in [1.54, 1.807) is 0 Å². The number of carbonyl (C=O) groups is 2. The largest absolute Gasteiger partial charge is 0.341 e. The number of likely N-dealkylation sites (N-methyl/N-ethyl adjacent to an activating group) is 1. The van der Waals surface area contributed by atoms with Gasteiger partial charge in [0.2, 0.25) is 11.8 Å². The number of hydrogen-bond donors (Lipinski definition) is 0. The van der Waals surface area contributed by atoms with E-state index in [2.05, 4.69) is 32.9 Å². The van der Waals surface area contributed by atoms with Gasteiger partial charge in [-0.25, -0.2) is 0 Å². The van der Waals surface area contributed by atoms with Crippen molar-refractivity contribution < 1.29 is 9.59 Å². The number of rotatable bonds is 7. The van der Waals surface area contributed by atoms with Gasteiger partial charge in [-0.05, 0) is 93.7 Å². The van der Waals surface area contributed by atoms with Crippen LogP contribution in [0, 0.1) is 17.3 Å². The van der Waals surface area contributed by atoms with Gasteiger partial charge in [0.1, 0.15) is 6.04 Å². The zero-order valence-electron chi connectivity index (χ0n) is 21.3. The molecule has 0 N–H and O–H groups in total. The van der Waals surface area contributed by atoms with E-state index < -0.39 is 0 Å². The maximum absolute atomic E-state index is 14.0. The monoisotopic (exact) mass is 474 g/mol. The summed E-state index contributed by atoms with van der Waals surface area (Å²) in [7, 11) is 0. The molecule has 0 radical (unpaired) electrons. The first-order valence-electron chi connectivity index (χ1n) is 13.0. The molecule has 1 aliphatic heterocycles. The van der Waals surface area contributed by atoms with E-state index in [0.717, 1.165) is 37.1 Å². The van der Waals surface area contributed by atoms with E-state index in [1.165, 1.54) is 18.4 Å². The van der Waals surface area contributed by atoms with Crippen molar-refractivity contribution in [1.82, 2.24) is 9.80 Å². The van der Waals surface area contributed by atoms with Gasteiger partial charge in [-0.3, -0.25) is 9.59 Å². The van der Waals surface area contributed by atoms with Crippen molar-refractivity contribution in [3.63, 3.8) is 0 Å². The Balaban J connectivity index is 1.83. The van der Waals surface area contributed by atoms with Gasteiger partial charge < -0.3 is 9.80 Å². The summed E-state index contributed by atoms with van der Waals surface area (Å²) < 4.78 is 0. The highest BCUT2D eigenvalue weighted by Crippen LogP contribution is 2.44. The molecule has 2 fully saturated rings. The van der Waals surface area contributed by atoms with Gasteiger partial charge in [-0.1, -0.05) is 44.5 Å². The Kier molecular flexibility index (Phi) is 8.89. The van der Waals surface area contributed by atoms with Gasteiger partial charge in [0.05, 0.1) is 0 Å². The molecule has 3 rings (SSSR count). The van der Waals surface area contributed by atoms with Gasteiger partial charge in [0, 0.05) is 30.6 Å². The summed E-state index contributed by atoms with van der Waals surface area (Å²) in [6, 6.07) is 7.76. The Hall–Kier alpha value is -1.55. The van der Waals surface area contributed by atoms with Crippen LogP contribution in [-0.2, 0) is 9.59 Å². The summed E-state index contributed by atoms with van der Waals surface area (Å²) in [6.45, 7) is 13.0. The first-order valence-corrected chi connectivity index (χ1v) is 13.4. The van der Waals surface area contributed by atoms with Crippen molar-refractivity contribution in [2.24, 2.45) is 17.3 Å². The Morgan fingerprint density at radius 2 is 1.73 bits per heavy atom. The molecular formula is C28H43ClN2O2. The topological polar surface area (TPSA) is 40.6 Å². The molecule has 184 valence electrons.